The number of thiol groups is 1. The minimum Gasteiger partial charge on any atom is -0.422 e. The van der Waals surface area contributed by atoms with E-state index in [1.54, 1.807) is 14.2 Å². The Morgan fingerprint density at radius 2 is 1.92 bits per heavy atom. The predicted octanol–water partition coefficient (Wildman–Crippen LogP) is -0.0175. The molecule has 0 aliphatic rings. The summed E-state index contributed by atoms with van der Waals surface area (Å²) in [4.78, 5) is 0. The SMILES string of the molecule is COC(CCCS)(CO[SiH3])OC. The average molecular weight is 210 g/mol. The quantitative estimate of drug-likeness (QED) is 0.364. The fourth-order valence-corrected chi connectivity index (χ4v) is 1.64. The van der Waals surface area contributed by atoms with Gasteiger partial charge in [0.15, 0.2) is 5.79 Å². The second-order valence-electron chi connectivity index (χ2n) is 2.58. The molecule has 0 saturated heterocycles. The Bertz CT molecular complexity index is 109. The Hall–Kier alpha value is 0.447. The molecule has 5 heteroatoms. The molecule has 0 spiro atoms. The highest BCUT2D eigenvalue weighted by Crippen LogP contribution is 2.18. The third-order valence-electron chi connectivity index (χ3n) is 1.82. The first kappa shape index (κ1) is 12.4. The van der Waals surface area contributed by atoms with Gasteiger partial charge in [0.05, 0.1) is 6.61 Å². The van der Waals surface area contributed by atoms with Crippen molar-refractivity contribution in [3.63, 3.8) is 0 Å². The van der Waals surface area contributed by atoms with Crippen LogP contribution in [0.5, 0.6) is 0 Å². The van der Waals surface area contributed by atoms with Crippen LogP contribution in [0.4, 0.5) is 0 Å². The molecule has 0 bridgehead atoms. The fourth-order valence-electron chi connectivity index (χ4n) is 1.05. The van der Waals surface area contributed by atoms with Gasteiger partial charge in [-0.15, -0.1) is 0 Å². The molecule has 0 radical (unpaired) electrons. The molecule has 0 aliphatic carbocycles. The van der Waals surface area contributed by atoms with Gasteiger partial charge in [0, 0.05) is 20.6 Å². The number of rotatable bonds is 7. The van der Waals surface area contributed by atoms with Gasteiger partial charge in [-0.05, 0) is 12.2 Å². The minimum atomic E-state index is -0.551. The van der Waals surface area contributed by atoms with Crippen molar-refractivity contribution < 1.29 is 13.9 Å². The van der Waals surface area contributed by atoms with E-state index in [4.69, 9.17) is 13.9 Å². The van der Waals surface area contributed by atoms with Gasteiger partial charge in [0.25, 0.3) is 0 Å². The molecule has 12 heavy (non-hydrogen) atoms. The second kappa shape index (κ2) is 6.91. The summed E-state index contributed by atoms with van der Waals surface area (Å²) in [5.41, 5.74) is 0. The van der Waals surface area contributed by atoms with Gasteiger partial charge in [-0.25, -0.2) is 0 Å². The maximum absolute atomic E-state index is 5.27. The smallest absolute Gasteiger partial charge is 0.189 e. The summed E-state index contributed by atoms with van der Waals surface area (Å²) in [6.07, 6.45) is 1.79. The maximum atomic E-state index is 5.27. The molecule has 0 heterocycles. The predicted molar refractivity (Wildman–Crippen MR) is 55.7 cm³/mol. The highest BCUT2D eigenvalue weighted by molar-refractivity contribution is 7.80. The zero-order valence-electron chi connectivity index (χ0n) is 8.00. The zero-order chi connectivity index (χ0) is 9.45. The molecule has 0 unspecified atom stereocenters. The molecule has 0 amide bonds. The van der Waals surface area contributed by atoms with Crippen LogP contribution in [-0.2, 0) is 13.9 Å². The van der Waals surface area contributed by atoms with Gasteiger partial charge in [-0.3, -0.25) is 0 Å². The molecular formula is C7H18O3SSi. The Labute approximate surface area is 82.7 Å². The molecular weight excluding hydrogens is 192 g/mol. The monoisotopic (exact) mass is 210 g/mol. The van der Waals surface area contributed by atoms with Crippen molar-refractivity contribution in [1.82, 2.24) is 0 Å². The van der Waals surface area contributed by atoms with Crippen LogP contribution in [0.1, 0.15) is 12.8 Å². The van der Waals surface area contributed by atoms with E-state index in [0.29, 0.717) is 17.1 Å². The van der Waals surface area contributed by atoms with E-state index in [-0.39, 0.29) is 0 Å². The molecule has 0 rings (SSSR count). The van der Waals surface area contributed by atoms with E-state index in [1.807, 2.05) is 0 Å². The summed E-state index contributed by atoms with van der Waals surface area (Å²) in [6, 6.07) is 0. The van der Waals surface area contributed by atoms with Crippen molar-refractivity contribution in [3.8, 4) is 0 Å². The lowest BCUT2D eigenvalue weighted by atomic mass is 10.1. The number of methoxy groups -OCH3 is 2. The molecule has 0 aromatic rings. The van der Waals surface area contributed by atoms with Crippen LogP contribution in [0.25, 0.3) is 0 Å². The number of hydrogen-bond acceptors (Lipinski definition) is 4. The van der Waals surface area contributed by atoms with E-state index < -0.39 is 5.79 Å². The average Bonchev–Trinajstić information content (AvgIpc) is 2.13. The van der Waals surface area contributed by atoms with E-state index in [1.165, 1.54) is 0 Å². The maximum Gasteiger partial charge on any atom is 0.189 e. The second-order valence-corrected chi connectivity index (χ2v) is 3.60. The van der Waals surface area contributed by atoms with Crippen molar-refractivity contribution in [2.45, 2.75) is 18.6 Å². The van der Waals surface area contributed by atoms with Crippen LogP contribution in [-0.4, -0.2) is 42.9 Å². The van der Waals surface area contributed by atoms with Gasteiger partial charge in [-0.2, -0.15) is 12.6 Å². The van der Waals surface area contributed by atoms with Crippen LogP contribution < -0.4 is 0 Å². The van der Waals surface area contributed by atoms with Crippen LogP contribution in [0, 0.1) is 0 Å². The summed E-state index contributed by atoms with van der Waals surface area (Å²) >= 11 is 4.14. The van der Waals surface area contributed by atoms with Crippen molar-refractivity contribution in [2.75, 3.05) is 26.6 Å². The molecule has 0 fully saturated rings. The summed E-state index contributed by atoms with van der Waals surface area (Å²) in [5.74, 6) is 0.292. The lowest BCUT2D eigenvalue weighted by Gasteiger charge is -2.30. The van der Waals surface area contributed by atoms with Crippen LogP contribution in [0.2, 0.25) is 0 Å². The Morgan fingerprint density at radius 1 is 1.33 bits per heavy atom. The van der Waals surface area contributed by atoms with Crippen LogP contribution in [0.15, 0.2) is 0 Å². The summed E-state index contributed by atoms with van der Waals surface area (Å²) in [5, 5.41) is 0. The van der Waals surface area contributed by atoms with Gasteiger partial charge < -0.3 is 13.9 Å². The molecule has 0 aromatic heterocycles. The third-order valence-corrected chi connectivity index (χ3v) is 2.43. The van der Waals surface area contributed by atoms with Gasteiger partial charge >= 0.3 is 0 Å². The zero-order valence-corrected chi connectivity index (χ0v) is 10.9. The first-order chi connectivity index (χ1) is 5.74. The Balaban J connectivity index is 3.95. The highest BCUT2D eigenvalue weighted by Gasteiger charge is 2.28. The molecule has 0 N–H and O–H groups in total. The molecule has 3 nitrogen and oxygen atoms in total. The topological polar surface area (TPSA) is 27.7 Å². The van der Waals surface area contributed by atoms with Crippen molar-refractivity contribution in [1.29, 1.82) is 0 Å². The van der Waals surface area contributed by atoms with Gasteiger partial charge in [0.1, 0.15) is 10.5 Å². The standard InChI is InChI=1S/C7H18O3SSi/c1-8-7(9-2,6-10-12)4-3-5-11/h11H,3-6H2,1-2,12H3. The first-order valence-corrected chi connectivity index (χ1v) is 5.39. The molecule has 0 saturated carbocycles. The summed E-state index contributed by atoms with van der Waals surface area (Å²) < 4.78 is 15.7. The lowest BCUT2D eigenvalue weighted by Crippen LogP contribution is -2.38. The lowest BCUT2D eigenvalue weighted by molar-refractivity contribution is -0.225. The molecule has 74 valence electrons. The van der Waals surface area contributed by atoms with E-state index in [0.717, 1.165) is 18.6 Å². The van der Waals surface area contributed by atoms with E-state index in [2.05, 4.69) is 12.6 Å². The summed E-state index contributed by atoms with van der Waals surface area (Å²) in [7, 11) is 3.99. The number of ether oxygens (including phenoxy) is 2. The van der Waals surface area contributed by atoms with Crippen LogP contribution in [0.3, 0.4) is 0 Å². The highest BCUT2D eigenvalue weighted by atomic mass is 32.1. The Kier molecular flexibility index (Phi) is 7.17. The van der Waals surface area contributed by atoms with Gasteiger partial charge in [-0.1, -0.05) is 0 Å². The third kappa shape index (κ3) is 3.91. The molecule has 0 atom stereocenters. The molecule has 0 aliphatic heterocycles. The fraction of sp³-hybridized carbons (Fsp3) is 1.00. The van der Waals surface area contributed by atoms with Gasteiger partial charge in [0.2, 0.25) is 0 Å². The largest absolute Gasteiger partial charge is 0.422 e. The minimum absolute atomic E-state index is 0.514. The van der Waals surface area contributed by atoms with Crippen molar-refractivity contribution in [3.05, 3.63) is 0 Å². The van der Waals surface area contributed by atoms with Crippen LogP contribution >= 0.6 is 12.6 Å². The van der Waals surface area contributed by atoms with Crippen molar-refractivity contribution in [2.24, 2.45) is 0 Å². The van der Waals surface area contributed by atoms with Crippen molar-refractivity contribution >= 4 is 23.1 Å². The number of hydrogen-bond donors (Lipinski definition) is 1. The normalized spacial score (nSPS) is 12.2. The molecule has 0 aromatic carbocycles. The Morgan fingerprint density at radius 3 is 2.25 bits per heavy atom. The first-order valence-electron chi connectivity index (χ1n) is 3.95. The van der Waals surface area contributed by atoms with E-state index >= 15 is 0 Å². The van der Waals surface area contributed by atoms with E-state index in [9.17, 15) is 0 Å². The summed E-state index contributed by atoms with van der Waals surface area (Å²) in [6.45, 7) is 0.514.